The molecule has 3 rings (SSSR count). The predicted molar refractivity (Wildman–Crippen MR) is 64.1 cm³/mol. The van der Waals surface area contributed by atoms with Crippen LogP contribution in [-0.2, 0) is 5.60 Å². The molecule has 2 saturated heterocycles. The Balaban J connectivity index is 2.01. The summed E-state index contributed by atoms with van der Waals surface area (Å²) in [5.41, 5.74) is -1.11. The smallest absolute Gasteiger partial charge is 0.164 e. The van der Waals surface area contributed by atoms with Gasteiger partial charge in [-0.1, -0.05) is 18.6 Å². The van der Waals surface area contributed by atoms with Gasteiger partial charge in [0.05, 0.1) is 0 Å². The summed E-state index contributed by atoms with van der Waals surface area (Å²) in [6.45, 7) is 1.71. The number of aliphatic hydroxyl groups is 1. The molecule has 1 N–H and O–H groups in total. The summed E-state index contributed by atoms with van der Waals surface area (Å²) in [5.74, 6) is -1.78. The highest BCUT2D eigenvalue weighted by Gasteiger charge is 2.49. The van der Waals surface area contributed by atoms with E-state index in [9.17, 15) is 13.9 Å². The lowest BCUT2D eigenvalue weighted by Gasteiger charge is -2.37. The van der Waals surface area contributed by atoms with Gasteiger partial charge in [0.1, 0.15) is 5.60 Å². The molecule has 2 aliphatic rings. The first-order valence-electron chi connectivity index (χ1n) is 6.54. The molecule has 2 unspecified atom stereocenters. The van der Waals surface area contributed by atoms with Gasteiger partial charge in [0.15, 0.2) is 11.6 Å². The second-order valence-electron chi connectivity index (χ2n) is 5.32. The van der Waals surface area contributed by atoms with Crippen LogP contribution in [0.5, 0.6) is 0 Å². The highest BCUT2D eigenvalue weighted by atomic mass is 19.2. The molecule has 1 aromatic rings. The summed E-state index contributed by atoms with van der Waals surface area (Å²) in [6, 6.07) is 4.01. The van der Waals surface area contributed by atoms with Gasteiger partial charge in [-0.05, 0) is 31.9 Å². The number of fused-ring (bicyclic) bond motifs is 1. The molecule has 0 spiro atoms. The van der Waals surface area contributed by atoms with Crippen molar-refractivity contribution in [1.82, 2.24) is 4.90 Å². The van der Waals surface area contributed by atoms with E-state index in [2.05, 4.69) is 4.90 Å². The van der Waals surface area contributed by atoms with Crippen LogP contribution in [0.2, 0.25) is 0 Å². The maximum Gasteiger partial charge on any atom is 0.164 e. The predicted octanol–water partition coefficient (Wildman–Crippen LogP) is 2.41. The Morgan fingerprint density at radius 3 is 2.89 bits per heavy atom. The maximum atomic E-state index is 13.9. The molecule has 0 bridgehead atoms. The van der Waals surface area contributed by atoms with Crippen LogP contribution in [0.15, 0.2) is 18.2 Å². The Hall–Kier alpha value is -1.00. The third-order valence-corrected chi connectivity index (χ3v) is 4.36. The molecule has 2 fully saturated rings. The van der Waals surface area contributed by atoms with Crippen molar-refractivity contribution >= 4 is 0 Å². The van der Waals surface area contributed by atoms with Crippen molar-refractivity contribution in [2.75, 3.05) is 13.1 Å². The zero-order valence-corrected chi connectivity index (χ0v) is 10.2. The summed E-state index contributed by atoms with van der Waals surface area (Å²) < 4.78 is 27.2. The fourth-order valence-electron chi connectivity index (χ4n) is 3.43. The molecule has 2 heterocycles. The van der Waals surface area contributed by atoms with Crippen molar-refractivity contribution in [1.29, 1.82) is 0 Å². The largest absolute Gasteiger partial charge is 0.383 e. The minimum atomic E-state index is -1.23. The number of rotatable bonds is 1. The van der Waals surface area contributed by atoms with E-state index in [0.29, 0.717) is 6.42 Å². The van der Waals surface area contributed by atoms with Crippen molar-refractivity contribution in [2.45, 2.75) is 37.3 Å². The third kappa shape index (κ3) is 1.67. The molecule has 0 radical (unpaired) electrons. The first-order valence-corrected chi connectivity index (χ1v) is 6.54. The third-order valence-electron chi connectivity index (χ3n) is 4.36. The Bertz CT molecular complexity index is 465. The van der Waals surface area contributed by atoms with Crippen LogP contribution in [0.25, 0.3) is 0 Å². The number of benzene rings is 1. The van der Waals surface area contributed by atoms with Crippen LogP contribution in [-0.4, -0.2) is 29.1 Å². The molecule has 2 nitrogen and oxygen atoms in total. The van der Waals surface area contributed by atoms with E-state index in [-0.39, 0.29) is 11.6 Å². The van der Waals surface area contributed by atoms with Gasteiger partial charge in [0, 0.05) is 18.2 Å². The molecule has 1 aromatic carbocycles. The van der Waals surface area contributed by atoms with E-state index in [1.807, 2.05) is 0 Å². The molecule has 98 valence electrons. The van der Waals surface area contributed by atoms with Crippen LogP contribution < -0.4 is 0 Å². The van der Waals surface area contributed by atoms with Gasteiger partial charge in [-0.3, -0.25) is 4.90 Å². The monoisotopic (exact) mass is 253 g/mol. The van der Waals surface area contributed by atoms with E-state index >= 15 is 0 Å². The first kappa shape index (κ1) is 12.1. The lowest BCUT2D eigenvalue weighted by atomic mass is 9.82. The molecular formula is C14H17F2NO. The standard InChI is InChI=1S/C14H17F2NO/c15-11-5-3-4-10(13(11)16)14(18)7-9-17-8-2-1-6-12(14)17/h3-5,12,18H,1-2,6-9H2. The lowest BCUT2D eigenvalue weighted by molar-refractivity contribution is -0.0169. The second-order valence-corrected chi connectivity index (χ2v) is 5.32. The average Bonchev–Trinajstić information content (AvgIpc) is 2.72. The topological polar surface area (TPSA) is 23.5 Å². The summed E-state index contributed by atoms with van der Waals surface area (Å²) in [6.07, 6.45) is 3.50. The Labute approximate surface area is 105 Å². The lowest BCUT2D eigenvalue weighted by Crippen LogP contribution is -2.45. The zero-order chi connectivity index (χ0) is 12.8. The van der Waals surface area contributed by atoms with Gasteiger partial charge < -0.3 is 5.11 Å². The van der Waals surface area contributed by atoms with Gasteiger partial charge >= 0.3 is 0 Å². The first-order chi connectivity index (χ1) is 8.63. The molecular weight excluding hydrogens is 236 g/mol. The number of hydrogen-bond donors (Lipinski definition) is 1. The zero-order valence-electron chi connectivity index (χ0n) is 10.2. The van der Waals surface area contributed by atoms with Crippen molar-refractivity contribution < 1.29 is 13.9 Å². The van der Waals surface area contributed by atoms with Crippen molar-refractivity contribution in [2.24, 2.45) is 0 Å². The maximum absolute atomic E-state index is 13.9. The van der Waals surface area contributed by atoms with E-state index in [0.717, 1.165) is 38.4 Å². The summed E-state index contributed by atoms with van der Waals surface area (Å²) in [7, 11) is 0. The highest BCUT2D eigenvalue weighted by molar-refractivity contribution is 5.29. The highest BCUT2D eigenvalue weighted by Crippen LogP contribution is 2.43. The molecule has 2 atom stereocenters. The molecule has 2 aliphatic heterocycles. The van der Waals surface area contributed by atoms with Crippen LogP contribution in [0.4, 0.5) is 8.78 Å². The van der Waals surface area contributed by atoms with Gasteiger partial charge in [-0.25, -0.2) is 8.78 Å². The number of nitrogens with zero attached hydrogens (tertiary/aromatic N) is 1. The number of hydrogen-bond acceptors (Lipinski definition) is 2. The fourth-order valence-corrected chi connectivity index (χ4v) is 3.43. The number of piperidine rings is 1. The Morgan fingerprint density at radius 2 is 2.06 bits per heavy atom. The van der Waals surface area contributed by atoms with Crippen LogP contribution >= 0.6 is 0 Å². The molecule has 0 amide bonds. The van der Waals surface area contributed by atoms with E-state index < -0.39 is 17.2 Å². The number of halogens is 2. The van der Waals surface area contributed by atoms with Gasteiger partial charge in [0.25, 0.3) is 0 Å². The quantitative estimate of drug-likeness (QED) is 0.830. The van der Waals surface area contributed by atoms with Gasteiger partial charge in [-0.2, -0.15) is 0 Å². The van der Waals surface area contributed by atoms with Crippen molar-refractivity contribution in [3.8, 4) is 0 Å². The van der Waals surface area contributed by atoms with E-state index in [1.54, 1.807) is 0 Å². The molecule has 0 saturated carbocycles. The van der Waals surface area contributed by atoms with Crippen LogP contribution in [0, 0.1) is 11.6 Å². The minimum Gasteiger partial charge on any atom is -0.383 e. The van der Waals surface area contributed by atoms with Crippen LogP contribution in [0.3, 0.4) is 0 Å². The normalized spacial score (nSPS) is 32.5. The van der Waals surface area contributed by atoms with Crippen molar-refractivity contribution in [3.05, 3.63) is 35.4 Å². The molecule has 0 aromatic heterocycles. The van der Waals surface area contributed by atoms with E-state index in [4.69, 9.17) is 0 Å². The SMILES string of the molecule is OC1(c2cccc(F)c2F)CCN2CCCCC21. The van der Waals surface area contributed by atoms with E-state index in [1.165, 1.54) is 12.1 Å². The van der Waals surface area contributed by atoms with Crippen molar-refractivity contribution in [3.63, 3.8) is 0 Å². The molecule has 4 heteroatoms. The minimum absolute atomic E-state index is 0.0671. The van der Waals surface area contributed by atoms with Crippen LogP contribution in [0.1, 0.15) is 31.2 Å². The average molecular weight is 253 g/mol. The van der Waals surface area contributed by atoms with Gasteiger partial charge in [0.2, 0.25) is 0 Å². The summed E-state index contributed by atoms with van der Waals surface area (Å²) in [5, 5.41) is 10.8. The molecule has 18 heavy (non-hydrogen) atoms. The Kier molecular flexibility index (Phi) is 2.87. The molecule has 0 aliphatic carbocycles. The fraction of sp³-hybridized carbons (Fsp3) is 0.571. The second kappa shape index (κ2) is 4.28. The summed E-state index contributed by atoms with van der Waals surface area (Å²) >= 11 is 0. The Morgan fingerprint density at radius 1 is 1.22 bits per heavy atom. The van der Waals surface area contributed by atoms with Gasteiger partial charge in [-0.15, -0.1) is 0 Å². The summed E-state index contributed by atoms with van der Waals surface area (Å²) in [4.78, 5) is 2.20.